The van der Waals surface area contributed by atoms with Gasteiger partial charge in [0.2, 0.25) is 0 Å². The Kier molecular flexibility index (Phi) is 7.70. The SMILES string of the molecule is [CH2-]c1cc2n(n1)C(c1cccc(Oc3ccccc3)c1)C(C(=O)Cc1ccc3cnccc3c1)=C(C)C2.[Ho]. The molecular weight excluding hydrogens is 623 g/mol. The summed E-state index contributed by atoms with van der Waals surface area (Å²) in [6.07, 6.45) is 4.60. The summed E-state index contributed by atoms with van der Waals surface area (Å²) in [6.45, 7) is 6.10. The summed E-state index contributed by atoms with van der Waals surface area (Å²) < 4.78 is 8.07. The van der Waals surface area contributed by atoms with Gasteiger partial charge in [0.1, 0.15) is 17.5 Å². The van der Waals surface area contributed by atoms with Crippen LogP contribution in [0, 0.1) is 44.7 Å². The number of hydrogen-bond donors (Lipinski definition) is 0. The molecule has 0 N–H and O–H groups in total. The van der Waals surface area contributed by atoms with E-state index in [1.165, 1.54) is 0 Å². The van der Waals surface area contributed by atoms with Crippen LogP contribution in [0.1, 0.15) is 35.5 Å². The molecule has 6 heteroatoms. The van der Waals surface area contributed by atoms with Crippen molar-refractivity contribution in [1.82, 2.24) is 14.8 Å². The van der Waals surface area contributed by atoms with E-state index in [4.69, 9.17) is 9.84 Å². The van der Waals surface area contributed by atoms with Gasteiger partial charge in [0, 0.05) is 67.5 Å². The van der Waals surface area contributed by atoms with Crippen LogP contribution in [0.15, 0.2) is 108 Å². The summed E-state index contributed by atoms with van der Waals surface area (Å²) >= 11 is 0. The number of carbonyl (C=O) groups excluding carboxylic acids is 1. The molecule has 38 heavy (non-hydrogen) atoms. The number of hydrogen-bond acceptors (Lipinski definition) is 4. The Bertz CT molecular complexity index is 1660. The minimum absolute atomic E-state index is 0. The third-order valence-electron chi connectivity index (χ3n) is 6.81. The zero-order chi connectivity index (χ0) is 25.4. The average Bonchev–Trinajstić information content (AvgIpc) is 3.28. The van der Waals surface area contributed by atoms with Crippen molar-refractivity contribution in [2.24, 2.45) is 0 Å². The summed E-state index contributed by atoms with van der Waals surface area (Å²) in [6, 6.07) is 27.3. The number of para-hydroxylation sites is 1. The van der Waals surface area contributed by atoms with Crippen molar-refractivity contribution in [1.29, 1.82) is 0 Å². The van der Waals surface area contributed by atoms with Crippen LogP contribution in [0.25, 0.3) is 10.8 Å². The fraction of sp³-hybridized carbons (Fsp3) is 0.125. The smallest absolute Gasteiger partial charge is 0.165 e. The molecule has 0 amide bonds. The van der Waals surface area contributed by atoms with E-state index in [9.17, 15) is 4.79 Å². The maximum Gasteiger partial charge on any atom is 0.165 e. The first-order valence-corrected chi connectivity index (χ1v) is 12.3. The van der Waals surface area contributed by atoms with E-state index < -0.39 is 0 Å². The monoisotopic (exact) mass is 649 g/mol. The molecule has 5 aromatic rings. The van der Waals surface area contributed by atoms with Crippen molar-refractivity contribution in [2.45, 2.75) is 25.8 Å². The largest absolute Gasteiger partial charge is 0.457 e. The van der Waals surface area contributed by atoms with E-state index in [1.807, 2.05) is 89.7 Å². The van der Waals surface area contributed by atoms with Gasteiger partial charge in [-0.2, -0.15) is 6.07 Å². The number of pyridine rings is 1. The molecule has 0 saturated carbocycles. The van der Waals surface area contributed by atoms with Gasteiger partial charge in [0.25, 0.3) is 0 Å². The quantitative estimate of drug-likeness (QED) is 0.152. The van der Waals surface area contributed by atoms with Crippen LogP contribution >= 0.6 is 0 Å². The van der Waals surface area contributed by atoms with E-state index >= 15 is 0 Å². The molecule has 1 radical (unpaired) electrons. The number of benzene rings is 3. The van der Waals surface area contributed by atoms with Crippen LogP contribution in [0.4, 0.5) is 0 Å². The van der Waals surface area contributed by atoms with E-state index in [1.54, 1.807) is 6.20 Å². The van der Waals surface area contributed by atoms with Crippen molar-refractivity contribution in [3.63, 3.8) is 0 Å². The summed E-state index contributed by atoms with van der Waals surface area (Å²) in [5.74, 6) is 1.57. The molecule has 0 saturated heterocycles. The topological polar surface area (TPSA) is 57.0 Å². The molecule has 0 fully saturated rings. The van der Waals surface area contributed by atoms with Gasteiger partial charge in [-0.15, -0.1) is 0 Å². The average molecular weight is 650 g/mol. The number of ether oxygens (including phenoxy) is 1. The number of fused-ring (bicyclic) bond motifs is 2. The number of allylic oxidation sites excluding steroid dienone is 2. The van der Waals surface area contributed by atoms with Gasteiger partial charge in [0.05, 0.1) is 0 Å². The molecule has 3 aromatic carbocycles. The van der Waals surface area contributed by atoms with Gasteiger partial charge in [-0.3, -0.25) is 14.5 Å². The van der Waals surface area contributed by atoms with Crippen molar-refractivity contribution in [3.05, 3.63) is 138 Å². The predicted octanol–water partition coefficient (Wildman–Crippen LogP) is 6.68. The molecule has 5 nitrogen and oxygen atoms in total. The molecular formula is C32H26HoN3O2-. The van der Waals surface area contributed by atoms with Crippen LogP contribution in [-0.4, -0.2) is 20.5 Å². The molecule has 0 aliphatic carbocycles. The second kappa shape index (κ2) is 11.2. The summed E-state index contributed by atoms with van der Waals surface area (Å²) in [4.78, 5) is 18.1. The van der Waals surface area contributed by atoms with Gasteiger partial charge >= 0.3 is 0 Å². The minimum Gasteiger partial charge on any atom is -0.457 e. The number of Topliss-reactive ketones (excluding diaryl/α,β-unsaturated/α-hetero) is 1. The summed E-state index contributed by atoms with van der Waals surface area (Å²) in [7, 11) is 0. The normalized spacial score (nSPS) is 14.6. The zero-order valence-corrected chi connectivity index (χ0v) is 22.8. The fourth-order valence-corrected chi connectivity index (χ4v) is 5.16. The molecule has 0 spiro atoms. The first kappa shape index (κ1) is 26.2. The molecule has 2 aromatic heterocycles. The van der Waals surface area contributed by atoms with Crippen molar-refractivity contribution in [2.75, 3.05) is 0 Å². The van der Waals surface area contributed by atoms with Crippen LogP contribution < -0.4 is 4.74 Å². The third kappa shape index (κ3) is 5.28. The van der Waals surface area contributed by atoms with Gasteiger partial charge in [-0.1, -0.05) is 59.8 Å². The first-order valence-electron chi connectivity index (χ1n) is 12.3. The summed E-state index contributed by atoms with van der Waals surface area (Å²) in [5.41, 5.74) is 5.51. The van der Waals surface area contributed by atoms with Gasteiger partial charge in [-0.25, -0.2) is 12.0 Å². The molecule has 1 unspecified atom stereocenters. The zero-order valence-electron chi connectivity index (χ0n) is 20.9. The number of aromatic nitrogens is 3. The van der Waals surface area contributed by atoms with Crippen molar-refractivity contribution < 1.29 is 47.3 Å². The molecule has 1 aliphatic rings. The third-order valence-corrected chi connectivity index (χ3v) is 6.81. The Morgan fingerprint density at radius 2 is 1.79 bits per heavy atom. The van der Waals surface area contributed by atoms with Gasteiger partial charge in [-0.05, 0) is 65.9 Å². The second-order valence-electron chi connectivity index (χ2n) is 9.49. The van der Waals surface area contributed by atoms with E-state index in [0.717, 1.165) is 44.5 Å². The Balaban J connectivity index is 0.00000294. The Labute approximate surface area is 252 Å². The second-order valence-corrected chi connectivity index (χ2v) is 9.49. The minimum atomic E-state index is -0.351. The Morgan fingerprint density at radius 3 is 2.63 bits per heavy atom. The first-order chi connectivity index (χ1) is 18.0. The number of carbonyl (C=O) groups is 1. The van der Waals surface area contributed by atoms with Crippen LogP contribution in [-0.2, 0) is 17.6 Å². The molecule has 193 valence electrons. The van der Waals surface area contributed by atoms with E-state index in [-0.39, 0.29) is 49.6 Å². The maximum absolute atomic E-state index is 13.9. The maximum atomic E-state index is 13.9. The van der Waals surface area contributed by atoms with Crippen LogP contribution in [0.5, 0.6) is 11.5 Å². The molecule has 6 rings (SSSR count). The standard InChI is InChI=1S/C32H26N3O2.Ho/c1-21-15-27-16-22(2)34-35(27)32(25-7-6-10-29(19-25)37-28-8-4-3-5-9-28)31(21)30(36)18-23-11-12-26-20-33-14-13-24(26)17-23;/h3-14,16-17,19-20,32H,2,15,18H2,1H3;/q-1;. The summed E-state index contributed by atoms with van der Waals surface area (Å²) in [5, 5.41) is 6.85. The molecule has 1 aliphatic heterocycles. The molecule has 1 atom stereocenters. The fourth-order valence-electron chi connectivity index (χ4n) is 5.16. The number of nitrogens with zero attached hydrogens (tertiary/aromatic N) is 3. The number of rotatable bonds is 6. The Morgan fingerprint density at radius 1 is 0.974 bits per heavy atom. The van der Waals surface area contributed by atoms with E-state index in [0.29, 0.717) is 24.3 Å². The van der Waals surface area contributed by atoms with Crippen LogP contribution in [0.2, 0.25) is 0 Å². The Hall–Kier alpha value is -3.38. The van der Waals surface area contributed by atoms with Crippen molar-refractivity contribution in [3.8, 4) is 11.5 Å². The molecule has 3 heterocycles. The van der Waals surface area contributed by atoms with Crippen molar-refractivity contribution >= 4 is 16.6 Å². The number of ketones is 1. The molecule has 0 bridgehead atoms. The van der Waals surface area contributed by atoms with Crippen LogP contribution in [0.3, 0.4) is 0 Å². The van der Waals surface area contributed by atoms with Gasteiger partial charge < -0.3 is 4.74 Å². The van der Waals surface area contributed by atoms with E-state index in [2.05, 4.69) is 24.9 Å². The predicted molar refractivity (Wildman–Crippen MR) is 145 cm³/mol. The van der Waals surface area contributed by atoms with Gasteiger partial charge in [0.15, 0.2) is 5.78 Å².